The van der Waals surface area contributed by atoms with E-state index in [9.17, 15) is 14.4 Å². The zero-order valence-corrected chi connectivity index (χ0v) is 52.5. The molecule has 456 valence electrons. The van der Waals surface area contributed by atoms with Gasteiger partial charge in [-0.25, -0.2) is 0 Å². The second-order valence-electron chi connectivity index (χ2n) is 24.2. The first-order chi connectivity index (χ1) is 38.0. The smallest absolute Gasteiger partial charge is 0.306 e. The first kappa shape index (κ1) is 75.2. The van der Waals surface area contributed by atoms with Gasteiger partial charge in [0.2, 0.25) is 0 Å². The van der Waals surface area contributed by atoms with Crippen molar-refractivity contribution in [3.05, 3.63) is 12.2 Å². The van der Waals surface area contributed by atoms with Crippen molar-refractivity contribution in [3.8, 4) is 0 Å². The molecule has 6 heteroatoms. The van der Waals surface area contributed by atoms with E-state index < -0.39 is 6.10 Å². The molecule has 0 aromatic heterocycles. The largest absolute Gasteiger partial charge is 0.462 e. The van der Waals surface area contributed by atoms with E-state index in [4.69, 9.17) is 14.2 Å². The molecule has 1 unspecified atom stereocenters. The predicted octanol–water partition coefficient (Wildman–Crippen LogP) is 24.0. The Kier molecular flexibility index (Phi) is 65.1. The summed E-state index contributed by atoms with van der Waals surface area (Å²) < 4.78 is 17.0. The summed E-state index contributed by atoms with van der Waals surface area (Å²) in [6.45, 7) is 6.72. The van der Waals surface area contributed by atoms with Crippen LogP contribution < -0.4 is 0 Å². The second kappa shape index (κ2) is 66.7. The zero-order chi connectivity index (χ0) is 55.7. The Balaban J connectivity index is 4.17. The monoisotopic (exact) mass is 1090 g/mol. The van der Waals surface area contributed by atoms with E-state index >= 15 is 0 Å². The van der Waals surface area contributed by atoms with Gasteiger partial charge in [0.05, 0.1) is 0 Å². The normalized spacial score (nSPS) is 12.0. The molecular formula is C71H136O6. The maximum Gasteiger partial charge on any atom is 0.306 e. The minimum Gasteiger partial charge on any atom is -0.462 e. The fourth-order valence-electron chi connectivity index (χ4n) is 11.0. The summed E-state index contributed by atoms with van der Waals surface area (Å²) in [6.07, 6.45) is 79.6. The Hall–Kier alpha value is -1.85. The molecule has 0 aliphatic carbocycles. The summed E-state index contributed by atoms with van der Waals surface area (Å²) in [5, 5.41) is 0. The van der Waals surface area contributed by atoms with Crippen LogP contribution in [0, 0.1) is 0 Å². The molecule has 0 saturated heterocycles. The molecule has 0 saturated carbocycles. The van der Waals surface area contributed by atoms with Gasteiger partial charge in [0, 0.05) is 19.3 Å². The van der Waals surface area contributed by atoms with Crippen molar-refractivity contribution in [1.82, 2.24) is 0 Å². The highest BCUT2D eigenvalue weighted by Gasteiger charge is 2.19. The van der Waals surface area contributed by atoms with Crippen LogP contribution in [0.5, 0.6) is 0 Å². The second-order valence-corrected chi connectivity index (χ2v) is 24.2. The fourth-order valence-corrected chi connectivity index (χ4v) is 11.0. The maximum absolute atomic E-state index is 12.9. The molecule has 0 fully saturated rings. The lowest BCUT2D eigenvalue weighted by molar-refractivity contribution is -0.167. The number of esters is 3. The van der Waals surface area contributed by atoms with E-state index in [0.717, 1.165) is 64.2 Å². The summed E-state index contributed by atoms with van der Waals surface area (Å²) in [5.41, 5.74) is 0. The lowest BCUT2D eigenvalue weighted by atomic mass is 10.0. The van der Waals surface area contributed by atoms with E-state index in [0.29, 0.717) is 19.3 Å². The van der Waals surface area contributed by atoms with Crippen molar-refractivity contribution in [2.75, 3.05) is 13.2 Å². The fraction of sp³-hybridized carbons (Fsp3) is 0.930. The lowest BCUT2D eigenvalue weighted by Gasteiger charge is -2.18. The number of allylic oxidation sites excluding steroid dienone is 2. The van der Waals surface area contributed by atoms with Crippen molar-refractivity contribution in [2.24, 2.45) is 0 Å². The Morgan fingerprint density at radius 2 is 0.429 bits per heavy atom. The van der Waals surface area contributed by atoms with Crippen molar-refractivity contribution < 1.29 is 28.6 Å². The minimum absolute atomic E-state index is 0.0666. The molecule has 0 radical (unpaired) electrons. The topological polar surface area (TPSA) is 78.9 Å². The molecule has 77 heavy (non-hydrogen) atoms. The Bertz CT molecular complexity index is 1200. The minimum atomic E-state index is -0.770. The zero-order valence-electron chi connectivity index (χ0n) is 52.5. The van der Waals surface area contributed by atoms with Gasteiger partial charge >= 0.3 is 17.9 Å². The van der Waals surface area contributed by atoms with E-state index in [1.165, 1.54) is 302 Å². The lowest BCUT2D eigenvalue weighted by Crippen LogP contribution is -2.30. The molecule has 0 heterocycles. The van der Waals surface area contributed by atoms with Gasteiger partial charge in [-0.15, -0.1) is 0 Å². The van der Waals surface area contributed by atoms with Crippen molar-refractivity contribution in [3.63, 3.8) is 0 Å². The van der Waals surface area contributed by atoms with Gasteiger partial charge in [-0.05, 0) is 44.9 Å². The number of rotatable bonds is 66. The van der Waals surface area contributed by atoms with Gasteiger partial charge in [0.1, 0.15) is 13.2 Å². The number of carbonyl (C=O) groups is 3. The molecular weight excluding hydrogens is 949 g/mol. The molecule has 0 bridgehead atoms. The van der Waals surface area contributed by atoms with Crippen LogP contribution in [0.4, 0.5) is 0 Å². The summed E-state index contributed by atoms with van der Waals surface area (Å²) in [6, 6.07) is 0. The SMILES string of the molecule is CCCCCCCCC/C=C\CCCCCCCC(=O)OC(COC(=O)CCCCCCCCCCCCCCCCC)COC(=O)CCCCCCCCCCCCCCCCCCCCCCCCCCCCCC. The van der Waals surface area contributed by atoms with Gasteiger partial charge in [-0.3, -0.25) is 14.4 Å². The first-order valence-electron chi connectivity index (χ1n) is 35.2. The molecule has 0 aromatic carbocycles. The summed E-state index contributed by atoms with van der Waals surface area (Å²) in [7, 11) is 0. The van der Waals surface area contributed by atoms with E-state index in [1.54, 1.807) is 0 Å². The van der Waals surface area contributed by atoms with Crippen LogP contribution >= 0.6 is 0 Å². The van der Waals surface area contributed by atoms with Crippen molar-refractivity contribution in [1.29, 1.82) is 0 Å². The Labute approximate surface area is 481 Å². The van der Waals surface area contributed by atoms with Gasteiger partial charge in [-0.1, -0.05) is 354 Å². The van der Waals surface area contributed by atoms with Crippen LogP contribution in [0.3, 0.4) is 0 Å². The van der Waals surface area contributed by atoms with E-state index in [2.05, 4.69) is 32.9 Å². The van der Waals surface area contributed by atoms with Gasteiger partial charge in [0.15, 0.2) is 6.10 Å². The first-order valence-corrected chi connectivity index (χ1v) is 35.2. The van der Waals surface area contributed by atoms with Crippen LogP contribution in [0.2, 0.25) is 0 Å². The maximum atomic E-state index is 12.9. The number of carbonyl (C=O) groups excluding carboxylic acids is 3. The highest BCUT2D eigenvalue weighted by Crippen LogP contribution is 2.19. The van der Waals surface area contributed by atoms with Crippen molar-refractivity contribution >= 4 is 17.9 Å². The highest BCUT2D eigenvalue weighted by atomic mass is 16.6. The third-order valence-corrected chi connectivity index (χ3v) is 16.3. The van der Waals surface area contributed by atoms with Crippen LogP contribution in [0.15, 0.2) is 12.2 Å². The number of hydrogen-bond donors (Lipinski definition) is 0. The molecule has 0 spiro atoms. The van der Waals surface area contributed by atoms with Crippen molar-refractivity contribution in [2.45, 2.75) is 412 Å². The number of ether oxygens (including phenoxy) is 3. The number of hydrogen-bond acceptors (Lipinski definition) is 6. The predicted molar refractivity (Wildman–Crippen MR) is 335 cm³/mol. The Morgan fingerprint density at radius 1 is 0.247 bits per heavy atom. The average Bonchev–Trinajstić information content (AvgIpc) is 3.43. The summed E-state index contributed by atoms with van der Waals surface area (Å²) >= 11 is 0. The third kappa shape index (κ3) is 64.9. The van der Waals surface area contributed by atoms with Crippen LogP contribution in [-0.4, -0.2) is 37.2 Å². The molecule has 0 aromatic rings. The van der Waals surface area contributed by atoms with Gasteiger partial charge in [-0.2, -0.15) is 0 Å². The molecule has 0 N–H and O–H groups in total. The summed E-state index contributed by atoms with van der Waals surface area (Å²) in [5.74, 6) is -0.841. The molecule has 0 aliphatic heterocycles. The molecule has 0 amide bonds. The van der Waals surface area contributed by atoms with E-state index in [1.807, 2.05) is 0 Å². The van der Waals surface area contributed by atoms with Crippen LogP contribution in [-0.2, 0) is 28.6 Å². The van der Waals surface area contributed by atoms with Crippen LogP contribution in [0.25, 0.3) is 0 Å². The van der Waals surface area contributed by atoms with E-state index in [-0.39, 0.29) is 31.1 Å². The molecule has 6 nitrogen and oxygen atoms in total. The summed E-state index contributed by atoms with van der Waals surface area (Å²) in [4.78, 5) is 38.4. The van der Waals surface area contributed by atoms with Gasteiger partial charge in [0.25, 0.3) is 0 Å². The molecule has 0 aliphatic rings. The molecule has 1 atom stereocenters. The van der Waals surface area contributed by atoms with Crippen LogP contribution in [0.1, 0.15) is 406 Å². The number of unbranched alkanes of at least 4 members (excludes halogenated alkanes) is 53. The van der Waals surface area contributed by atoms with Gasteiger partial charge < -0.3 is 14.2 Å². The molecule has 0 rings (SSSR count). The highest BCUT2D eigenvalue weighted by molar-refractivity contribution is 5.71. The third-order valence-electron chi connectivity index (χ3n) is 16.3. The standard InChI is InChI=1S/C71H136O6/c1-4-7-10-13-16-19-22-25-28-30-31-32-33-34-35-36-37-38-39-40-41-44-46-49-52-55-58-61-64-70(73)76-67-68(66-75-69(72)63-60-57-54-51-48-45-42-27-24-21-18-15-12-9-6-3)77-71(74)65-62-59-56-53-50-47-43-29-26-23-20-17-14-11-8-5-2/h29,43,68H,4-28,30-42,44-67H2,1-3H3/b43-29-. The Morgan fingerprint density at radius 3 is 0.649 bits per heavy atom. The average molecular weight is 1090 g/mol. The quantitative estimate of drug-likeness (QED) is 0.0261.